The highest BCUT2D eigenvalue weighted by molar-refractivity contribution is 6.33. The first-order chi connectivity index (χ1) is 9.97. The molecule has 1 unspecified atom stereocenters. The molecule has 3 N–H and O–H groups in total. The minimum atomic E-state index is -0.214. The van der Waals surface area contributed by atoms with Crippen LogP contribution in [-0.2, 0) is 11.3 Å². The molecule has 1 aliphatic heterocycles. The van der Waals surface area contributed by atoms with E-state index in [0.29, 0.717) is 12.6 Å². The Morgan fingerprint density at radius 1 is 1.52 bits per heavy atom. The second-order valence-electron chi connectivity index (χ2n) is 6.01. The first kappa shape index (κ1) is 16.1. The van der Waals surface area contributed by atoms with E-state index >= 15 is 0 Å². The van der Waals surface area contributed by atoms with Crippen LogP contribution in [0.1, 0.15) is 32.3 Å². The molecule has 21 heavy (non-hydrogen) atoms. The van der Waals surface area contributed by atoms with E-state index in [1.165, 1.54) is 5.56 Å². The third kappa shape index (κ3) is 4.35. The smallest absolute Gasteiger partial charge is 0.222 e. The third-order valence-electron chi connectivity index (χ3n) is 3.89. The molecule has 1 aromatic rings. The highest BCUT2D eigenvalue weighted by atomic mass is 35.5. The average molecular weight is 310 g/mol. The summed E-state index contributed by atoms with van der Waals surface area (Å²) in [5.74, 6) is -0.286. The number of primary amides is 1. The van der Waals surface area contributed by atoms with Crippen LogP contribution in [-0.4, -0.2) is 25.0 Å². The molecule has 0 aliphatic carbocycles. The van der Waals surface area contributed by atoms with Crippen LogP contribution in [0.15, 0.2) is 18.2 Å². The number of rotatable bonds is 5. The summed E-state index contributed by atoms with van der Waals surface area (Å²) < 4.78 is 0. The Morgan fingerprint density at radius 3 is 2.90 bits per heavy atom. The van der Waals surface area contributed by atoms with Gasteiger partial charge in [-0.2, -0.15) is 0 Å². The van der Waals surface area contributed by atoms with Crippen LogP contribution in [0, 0.1) is 5.92 Å². The Bertz CT molecular complexity index is 504. The number of hydrogen-bond donors (Lipinski definition) is 2. The van der Waals surface area contributed by atoms with Crippen molar-refractivity contribution in [3.8, 4) is 0 Å². The largest absolute Gasteiger partial charge is 0.370 e. The summed E-state index contributed by atoms with van der Waals surface area (Å²) in [6.45, 7) is 6.63. The van der Waals surface area contributed by atoms with Crippen LogP contribution >= 0.6 is 11.6 Å². The molecule has 0 bridgehead atoms. The average Bonchev–Trinajstić information content (AvgIpc) is 2.45. The van der Waals surface area contributed by atoms with Gasteiger partial charge in [0.2, 0.25) is 5.91 Å². The fourth-order valence-electron chi connectivity index (χ4n) is 2.67. The lowest BCUT2D eigenvalue weighted by atomic mass is 9.97. The quantitative estimate of drug-likeness (QED) is 0.879. The Labute approximate surface area is 131 Å². The number of halogens is 1. The van der Waals surface area contributed by atoms with Gasteiger partial charge in [0.05, 0.1) is 16.6 Å². The molecule has 1 amide bonds. The van der Waals surface area contributed by atoms with Gasteiger partial charge in [-0.25, -0.2) is 0 Å². The molecule has 1 heterocycles. The topological polar surface area (TPSA) is 58.4 Å². The number of amides is 1. The lowest BCUT2D eigenvalue weighted by Gasteiger charge is -2.33. The molecule has 1 aromatic carbocycles. The highest BCUT2D eigenvalue weighted by Crippen LogP contribution is 2.30. The Hall–Kier alpha value is -1.26. The van der Waals surface area contributed by atoms with Crippen LogP contribution < -0.4 is 16.0 Å². The summed E-state index contributed by atoms with van der Waals surface area (Å²) in [6, 6.07) is 6.58. The summed E-state index contributed by atoms with van der Waals surface area (Å²) in [7, 11) is 0. The van der Waals surface area contributed by atoms with Crippen LogP contribution in [0.4, 0.5) is 5.69 Å². The minimum Gasteiger partial charge on any atom is -0.370 e. The Kier molecular flexibility index (Phi) is 5.48. The second kappa shape index (κ2) is 7.14. The molecule has 1 saturated heterocycles. The third-order valence-corrected chi connectivity index (χ3v) is 4.19. The van der Waals surface area contributed by atoms with Crippen LogP contribution in [0.25, 0.3) is 0 Å². The van der Waals surface area contributed by atoms with Crippen molar-refractivity contribution in [2.75, 3.05) is 18.0 Å². The van der Waals surface area contributed by atoms with E-state index in [-0.39, 0.29) is 11.8 Å². The molecule has 0 aromatic heterocycles. The number of nitrogens with one attached hydrogen (secondary N) is 1. The standard InChI is InChI=1S/C16H24ClN3O/c1-11(2)19-9-12-5-6-15(14(17)8-12)20-7-3-4-13(10-20)16(18)21/h5-6,8,11,13,19H,3-4,7,9-10H2,1-2H3,(H2,18,21). The number of nitrogens with two attached hydrogens (primary N) is 1. The van der Waals surface area contributed by atoms with Crippen molar-refractivity contribution in [1.29, 1.82) is 0 Å². The number of benzene rings is 1. The monoisotopic (exact) mass is 309 g/mol. The molecular weight excluding hydrogens is 286 g/mol. The van der Waals surface area contributed by atoms with Gasteiger partial charge in [-0.05, 0) is 30.5 Å². The Morgan fingerprint density at radius 2 is 2.29 bits per heavy atom. The number of hydrogen-bond acceptors (Lipinski definition) is 3. The second-order valence-corrected chi connectivity index (χ2v) is 6.42. The van der Waals surface area contributed by atoms with E-state index < -0.39 is 0 Å². The minimum absolute atomic E-state index is 0.0721. The maximum atomic E-state index is 11.4. The summed E-state index contributed by atoms with van der Waals surface area (Å²) in [5.41, 5.74) is 7.59. The summed E-state index contributed by atoms with van der Waals surface area (Å²) in [5, 5.41) is 4.12. The van der Waals surface area contributed by atoms with Gasteiger partial charge >= 0.3 is 0 Å². The van der Waals surface area contributed by atoms with Crippen molar-refractivity contribution >= 4 is 23.2 Å². The molecule has 116 valence electrons. The van der Waals surface area contributed by atoms with Crippen molar-refractivity contribution in [1.82, 2.24) is 5.32 Å². The van der Waals surface area contributed by atoms with E-state index in [2.05, 4.69) is 30.1 Å². The summed E-state index contributed by atoms with van der Waals surface area (Å²) in [6.07, 6.45) is 1.85. The van der Waals surface area contributed by atoms with Gasteiger partial charge in [0, 0.05) is 25.7 Å². The molecule has 0 radical (unpaired) electrons. The van der Waals surface area contributed by atoms with Gasteiger partial charge in [0.25, 0.3) is 0 Å². The van der Waals surface area contributed by atoms with Crippen molar-refractivity contribution < 1.29 is 4.79 Å². The zero-order valence-corrected chi connectivity index (χ0v) is 13.5. The molecule has 0 saturated carbocycles. The van der Waals surface area contributed by atoms with Crippen LogP contribution in [0.5, 0.6) is 0 Å². The molecular formula is C16H24ClN3O. The predicted molar refractivity (Wildman–Crippen MR) is 87.6 cm³/mol. The van der Waals surface area contributed by atoms with Gasteiger partial charge < -0.3 is 16.0 Å². The van der Waals surface area contributed by atoms with Gasteiger partial charge in [0.15, 0.2) is 0 Å². The van der Waals surface area contributed by atoms with Crippen LogP contribution in [0.3, 0.4) is 0 Å². The number of carbonyl (C=O) groups is 1. The molecule has 1 atom stereocenters. The SMILES string of the molecule is CC(C)NCc1ccc(N2CCCC(C(N)=O)C2)c(Cl)c1. The fourth-order valence-corrected chi connectivity index (χ4v) is 2.99. The number of piperidine rings is 1. The normalized spacial score (nSPS) is 19.0. The summed E-state index contributed by atoms with van der Waals surface area (Å²) >= 11 is 6.42. The molecule has 1 aliphatic rings. The predicted octanol–water partition coefficient (Wildman–Crippen LogP) is 2.54. The van der Waals surface area contributed by atoms with Gasteiger partial charge in [0.1, 0.15) is 0 Å². The first-order valence-corrected chi connectivity index (χ1v) is 7.91. The molecule has 2 rings (SSSR count). The van der Waals surface area contributed by atoms with Crippen molar-refractivity contribution in [2.24, 2.45) is 11.7 Å². The lowest BCUT2D eigenvalue weighted by Crippen LogP contribution is -2.41. The van der Waals surface area contributed by atoms with Crippen molar-refractivity contribution in [2.45, 2.75) is 39.3 Å². The zero-order valence-electron chi connectivity index (χ0n) is 12.7. The molecule has 1 fully saturated rings. The lowest BCUT2D eigenvalue weighted by molar-refractivity contribution is -0.122. The maximum Gasteiger partial charge on any atom is 0.222 e. The van der Waals surface area contributed by atoms with Crippen molar-refractivity contribution in [3.63, 3.8) is 0 Å². The number of carbonyl (C=O) groups excluding carboxylic acids is 1. The fraction of sp³-hybridized carbons (Fsp3) is 0.562. The van der Waals surface area contributed by atoms with E-state index in [4.69, 9.17) is 17.3 Å². The van der Waals surface area contributed by atoms with E-state index in [1.54, 1.807) is 0 Å². The van der Waals surface area contributed by atoms with Crippen LogP contribution in [0.2, 0.25) is 5.02 Å². The molecule has 0 spiro atoms. The zero-order chi connectivity index (χ0) is 15.4. The number of anilines is 1. The van der Waals surface area contributed by atoms with E-state index in [0.717, 1.165) is 36.6 Å². The Balaban J connectivity index is 2.07. The summed E-state index contributed by atoms with van der Waals surface area (Å²) in [4.78, 5) is 13.5. The van der Waals surface area contributed by atoms with Gasteiger partial charge in [-0.1, -0.05) is 31.5 Å². The van der Waals surface area contributed by atoms with E-state index in [1.807, 2.05) is 12.1 Å². The van der Waals surface area contributed by atoms with Gasteiger partial charge in [-0.3, -0.25) is 4.79 Å². The first-order valence-electron chi connectivity index (χ1n) is 7.53. The van der Waals surface area contributed by atoms with Crippen molar-refractivity contribution in [3.05, 3.63) is 28.8 Å². The molecule has 4 nitrogen and oxygen atoms in total. The highest BCUT2D eigenvalue weighted by Gasteiger charge is 2.25. The maximum absolute atomic E-state index is 11.4. The van der Waals surface area contributed by atoms with E-state index in [9.17, 15) is 4.79 Å². The van der Waals surface area contributed by atoms with Gasteiger partial charge in [-0.15, -0.1) is 0 Å². The molecule has 5 heteroatoms. The number of nitrogens with zero attached hydrogens (tertiary/aromatic N) is 1.